The number of likely N-dealkylation sites (N-methyl/N-ethyl adjacent to an activating group) is 1. The van der Waals surface area contributed by atoms with Crippen LogP contribution in [-0.4, -0.2) is 53.3 Å². The van der Waals surface area contributed by atoms with Gasteiger partial charge in [0.25, 0.3) is 0 Å². The second-order valence-corrected chi connectivity index (χ2v) is 7.20. The van der Waals surface area contributed by atoms with Gasteiger partial charge < -0.3 is 10.6 Å². The molecule has 124 valence electrons. The van der Waals surface area contributed by atoms with Gasteiger partial charge in [-0.1, -0.05) is 20.8 Å². The van der Waals surface area contributed by atoms with Crippen molar-refractivity contribution in [2.24, 2.45) is 7.05 Å². The summed E-state index contributed by atoms with van der Waals surface area (Å²) < 4.78 is 1.74. The van der Waals surface area contributed by atoms with E-state index in [0.717, 1.165) is 31.0 Å². The minimum Gasteiger partial charge on any atom is -0.316 e. The Balaban J connectivity index is 1.93. The number of carbonyl (C=O) groups is 1. The number of carbonyl (C=O) groups excluding carboxylic acids is 1. The van der Waals surface area contributed by atoms with Crippen LogP contribution in [0.1, 0.15) is 39.3 Å². The quantitative estimate of drug-likeness (QED) is 0.881. The minimum absolute atomic E-state index is 0.0202. The molecule has 22 heavy (non-hydrogen) atoms. The molecule has 1 amide bonds. The van der Waals surface area contributed by atoms with Gasteiger partial charge in [-0.05, 0) is 26.4 Å². The van der Waals surface area contributed by atoms with E-state index in [-0.39, 0.29) is 11.3 Å². The molecule has 0 saturated carbocycles. The molecule has 1 aromatic rings. The first kappa shape index (κ1) is 17.0. The molecule has 1 atom stereocenters. The Hall–Kier alpha value is -1.40. The minimum atomic E-state index is -0.0202. The highest BCUT2D eigenvalue weighted by atomic mass is 16.2. The lowest BCUT2D eigenvalue weighted by Crippen LogP contribution is -2.47. The van der Waals surface area contributed by atoms with Gasteiger partial charge >= 0.3 is 0 Å². The summed E-state index contributed by atoms with van der Waals surface area (Å²) in [6.07, 6.45) is 2.32. The Bertz CT molecular complexity index is 517. The number of hydrogen-bond donors (Lipinski definition) is 2. The normalized spacial score (nSPS) is 20.1. The Morgan fingerprint density at radius 3 is 2.77 bits per heavy atom. The van der Waals surface area contributed by atoms with Gasteiger partial charge in [0.1, 0.15) is 5.82 Å². The average Bonchev–Trinajstić information content (AvgIpc) is 2.80. The standard InChI is InChI=1S/C16H29N5O/c1-16(2,3)13-9-14(20(5)19-13)18-15(22)11-21-8-6-7-12(10-21)17-4/h9,12,17H,6-8,10-11H2,1-5H3,(H,18,22). The van der Waals surface area contributed by atoms with Crippen molar-refractivity contribution in [2.75, 3.05) is 32.0 Å². The van der Waals surface area contributed by atoms with E-state index in [1.807, 2.05) is 20.2 Å². The molecule has 0 spiro atoms. The van der Waals surface area contributed by atoms with E-state index in [4.69, 9.17) is 0 Å². The third kappa shape index (κ3) is 4.30. The highest BCUT2D eigenvalue weighted by molar-refractivity contribution is 5.91. The monoisotopic (exact) mass is 307 g/mol. The molecule has 1 fully saturated rings. The Morgan fingerprint density at radius 2 is 2.18 bits per heavy atom. The number of aryl methyl sites for hydroxylation is 1. The summed E-state index contributed by atoms with van der Waals surface area (Å²) in [5.41, 5.74) is 0.965. The molecular formula is C16H29N5O. The number of piperidine rings is 1. The van der Waals surface area contributed by atoms with E-state index < -0.39 is 0 Å². The van der Waals surface area contributed by atoms with Crippen LogP contribution >= 0.6 is 0 Å². The molecule has 2 heterocycles. The molecule has 6 nitrogen and oxygen atoms in total. The topological polar surface area (TPSA) is 62.2 Å². The molecule has 1 aromatic heterocycles. The number of rotatable bonds is 4. The SMILES string of the molecule is CNC1CCCN(CC(=O)Nc2cc(C(C)(C)C)nn2C)C1. The second kappa shape index (κ2) is 6.79. The van der Waals surface area contributed by atoms with E-state index in [1.165, 1.54) is 6.42 Å². The summed E-state index contributed by atoms with van der Waals surface area (Å²) in [4.78, 5) is 14.5. The Labute approximate surface area is 133 Å². The number of likely N-dealkylation sites (tertiary alicyclic amines) is 1. The van der Waals surface area contributed by atoms with Crippen LogP contribution in [0.15, 0.2) is 6.07 Å². The van der Waals surface area contributed by atoms with Crippen molar-refractivity contribution in [3.05, 3.63) is 11.8 Å². The molecule has 2 N–H and O–H groups in total. The van der Waals surface area contributed by atoms with Crippen LogP contribution in [0.2, 0.25) is 0 Å². The van der Waals surface area contributed by atoms with Gasteiger partial charge in [-0.25, -0.2) is 0 Å². The highest BCUT2D eigenvalue weighted by Crippen LogP contribution is 2.23. The fourth-order valence-electron chi connectivity index (χ4n) is 2.77. The summed E-state index contributed by atoms with van der Waals surface area (Å²) in [6, 6.07) is 2.45. The van der Waals surface area contributed by atoms with Crippen molar-refractivity contribution >= 4 is 11.7 Å². The van der Waals surface area contributed by atoms with Gasteiger partial charge in [0.15, 0.2) is 0 Å². The van der Waals surface area contributed by atoms with Crippen molar-refractivity contribution in [1.82, 2.24) is 20.0 Å². The second-order valence-electron chi connectivity index (χ2n) is 7.20. The lowest BCUT2D eigenvalue weighted by molar-refractivity contribution is -0.117. The first-order valence-electron chi connectivity index (χ1n) is 8.03. The zero-order valence-corrected chi connectivity index (χ0v) is 14.4. The number of nitrogens with zero attached hydrogens (tertiary/aromatic N) is 3. The molecule has 0 bridgehead atoms. The summed E-state index contributed by atoms with van der Waals surface area (Å²) in [5, 5.41) is 10.8. The van der Waals surface area contributed by atoms with E-state index in [0.29, 0.717) is 12.6 Å². The van der Waals surface area contributed by atoms with E-state index in [2.05, 4.69) is 41.4 Å². The third-order valence-electron chi connectivity index (χ3n) is 4.20. The Morgan fingerprint density at radius 1 is 1.45 bits per heavy atom. The van der Waals surface area contributed by atoms with Gasteiger partial charge in [0.2, 0.25) is 5.91 Å². The summed E-state index contributed by atoms with van der Waals surface area (Å²) >= 11 is 0. The maximum atomic E-state index is 12.3. The average molecular weight is 307 g/mol. The lowest BCUT2D eigenvalue weighted by Gasteiger charge is -2.31. The maximum Gasteiger partial charge on any atom is 0.239 e. The van der Waals surface area contributed by atoms with E-state index >= 15 is 0 Å². The third-order valence-corrected chi connectivity index (χ3v) is 4.20. The summed E-state index contributed by atoms with van der Waals surface area (Å²) in [7, 11) is 3.85. The van der Waals surface area contributed by atoms with Gasteiger partial charge in [0, 0.05) is 31.1 Å². The van der Waals surface area contributed by atoms with E-state index in [9.17, 15) is 4.79 Å². The molecule has 1 unspecified atom stereocenters. The van der Waals surface area contributed by atoms with Crippen LogP contribution in [0.4, 0.5) is 5.82 Å². The van der Waals surface area contributed by atoms with Crippen LogP contribution in [0.3, 0.4) is 0 Å². The Kier molecular flexibility index (Phi) is 5.24. The molecule has 1 saturated heterocycles. The largest absolute Gasteiger partial charge is 0.316 e. The molecule has 0 radical (unpaired) electrons. The lowest BCUT2D eigenvalue weighted by atomic mass is 9.92. The van der Waals surface area contributed by atoms with Crippen molar-refractivity contribution in [3.8, 4) is 0 Å². The molecular weight excluding hydrogens is 278 g/mol. The summed E-state index contributed by atoms with van der Waals surface area (Å²) in [6.45, 7) is 8.71. The van der Waals surface area contributed by atoms with Crippen LogP contribution < -0.4 is 10.6 Å². The van der Waals surface area contributed by atoms with Gasteiger partial charge in [-0.2, -0.15) is 5.10 Å². The number of amides is 1. The van der Waals surface area contributed by atoms with Crippen LogP contribution in [0.5, 0.6) is 0 Å². The molecule has 1 aliphatic heterocycles. The zero-order chi connectivity index (χ0) is 16.3. The van der Waals surface area contributed by atoms with Crippen LogP contribution in [0, 0.1) is 0 Å². The molecule has 0 aromatic carbocycles. The number of hydrogen-bond acceptors (Lipinski definition) is 4. The van der Waals surface area contributed by atoms with Crippen molar-refractivity contribution in [3.63, 3.8) is 0 Å². The van der Waals surface area contributed by atoms with Gasteiger partial charge in [-0.15, -0.1) is 0 Å². The molecule has 0 aliphatic carbocycles. The smallest absolute Gasteiger partial charge is 0.239 e. The number of nitrogens with one attached hydrogen (secondary N) is 2. The molecule has 1 aliphatic rings. The number of anilines is 1. The maximum absolute atomic E-state index is 12.3. The summed E-state index contributed by atoms with van der Waals surface area (Å²) in [5.74, 6) is 0.789. The number of aromatic nitrogens is 2. The molecule has 2 rings (SSSR count). The predicted molar refractivity (Wildman–Crippen MR) is 89.1 cm³/mol. The van der Waals surface area contributed by atoms with Gasteiger partial charge in [0.05, 0.1) is 12.2 Å². The van der Waals surface area contributed by atoms with Crippen molar-refractivity contribution in [2.45, 2.75) is 45.1 Å². The highest BCUT2D eigenvalue weighted by Gasteiger charge is 2.22. The van der Waals surface area contributed by atoms with E-state index in [1.54, 1.807) is 4.68 Å². The van der Waals surface area contributed by atoms with Gasteiger partial charge in [-0.3, -0.25) is 14.4 Å². The fraction of sp³-hybridized carbons (Fsp3) is 0.750. The zero-order valence-electron chi connectivity index (χ0n) is 14.4. The predicted octanol–water partition coefficient (Wildman–Crippen LogP) is 1.34. The fourth-order valence-corrected chi connectivity index (χ4v) is 2.77. The van der Waals surface area contributed by atoms with Crippen molar-refractivity contribution < 1.29 is 4.79 Å². The van der Waals surface area contributed by atoms with Crippen LogP contribution in [0.25, 0.3) is 0 Å². The van der Waals surface area contributed by atoms with Crippen LogP contribution in [-0.2, 0) is 17.3 Å². The first-order chi connectivity index (χ1) is 10.3. The van der Waals surface area contributed by atoms with Crippen molar-refractivity contribution in [1.29, 1.82) is 0 Å². The first-order valence-corrected chi connectivity index (χ1v) is 8.03. The molecule has 6 heteroatoms.